The van der Waals surface area contributed by atoms with Crippen molar-refractivity contribution < 1.29 is 28.6 Å². The first kappa shape index (κ1) is 80.9. The number of esters is 3. The zero-order valence-electron chi connectivity index (χ0n) is 56.5. The highest BCUT2D eigenvalue weighted by Crippen LogP contribution is 2.19. The molecule has 0 aromatic rings. The molecule has 0 saturated heterocycles. The van der Waals surface area contributed by atoms with Crippen molar-refractivity contribution in [2.24, 2.45) is 0 Å². The zero-order valence-corrected chi connectivity index (χ0v) is 56.5. The van der Waals surface area contributed by atoms with Crippen molar-refractivity contribution >= 4 is 17.9 Å². The molecule has 0 aliphatic heterocycles. The summed E-state index contributed by atoms with van der Waals surface area (Å²) in [7, 11) is 0. The van der Waals surface area contributed by atoms with Crippen molar-refractivity contribution in [1.29, 1.82) is 0 Å². The summed E-state index contributed by atoms with van der Waals surface area (Å²) < 4.78 is 17.0. The molecular weight excluding hydrogens is 1020 g/mol. The van der Waals surface area contributed by atoms with Gasteiger partial charge in [-0.3, -0.25) is 14.4 Å². The summed E-state index contributed by atoms with van der Waals surface area (Å²) in [5.41, 5.74) is 0. The van der Waals surface area contributed by atoms with E-state index in [4.69, 9.17) is 14.2 Å². The first-order chi connectivity index (χ1) is 41.0. The molecule has 0 spiro atoms. The molecule has 0 bridgehead atoms. The lowest BCUT2D eigenvalue weighted by Crippen LogP contribution is -2.30. The molecule has 490 valence electrons. The molecule has 0 aliphatic carbocycles. The quantitative estimate of drug-likeness (QED) is 0.0261. The second-order valence-corrected chi connectivity index (χ2v) is 25.9. The minimum atomic E-state index is -0.773. The van der Waals surface area contributed by atoms with Crippen LogP contribution in [0.1, 0.15) is 432 Å². The third-order valence-corrected chi connectivity index (χ3v) is 17.4. The number of unbranched alkanes of at least 4 members (excludes halogenated alkanes) is 56. The minimum Gasteiger partial charge on any atom is -0.462 e. The van der Waals surface area contributed by atoms with E-state index in [1.807, 2.05) is 0 Å². The zero-order chi connectivity index (χ0) is 59.9. The Morgan fingerprint density at radius 1 is 0.229 bits per heavy atom. The summed E-state index contributed by atoms with van der Waals surface area (Å²) in [5.74, 6) is -0.847. The smallest absolute Gasteiger partial charge is 0.306 e. The monoisotopic (exact) mass is 1170 g/mol. The molecule has 1 unspecified atom stereocenters. The molecule has 0 amide bonds. The normalized spacial score (nSPS) is 12.1. The lowest BCUT2D eigenvalue weighted by atomic mass is 10.0. The van der Waals surface area contributed by atoms with Gasteiger partial charge in [-0.2, -0.15) is 0 Å². The maximum absolute atomic E-state index is 13.0. The maximum Gasteiger partial charge on any atom is 0.306 e. The number of hydrogen-bond acceptors (Lipinski definition) is 6. The van der Waals surface area contributed by atoms with Crippen LogP contribution in [-0.2, 0) is 28.6 Å². The molecular formula is C77H146O6. The number of carbonyl (C=O) groups is 3. The molecule has 0 radical (unpaired) electrons. The highest BCUT2D eigenvalue weighted by atomic mass is 16.6. The van der Waals surface area contributed by atoms with E-state index in [-0.39, 0.29) is 31.1 Å². The molecule has 6 heteroatoms. The number of hydrogen-bond donors (Lipinski definition) is 0. The molecule has 0 aromatic heterocycles. The molecule has 0 aromatic carbocycles. The highest BCUT2D eigenvalue weighted by molar-refractivity contribution is 5.71. The lowest BCUT2D eigenvalue weighted by Gasteiger charge is -2.18. The van der Waals surface area contributed by atoms with E-state index in [0.29, 0.717) is 19.3 Å². The first-order valence-electron chi connectivity index (χ1n) is 37.8. The highest BCUT2D eigenvalue weighted by Gasteiger charge is 2.20. The molecule has 83 heavy (non-hydrogen) atoms. The average molecular weight is 1170 g/mol. The summed E-state index contributed by atoms with van der Waals surface area (Å²) in [6.07, 6.45) is 89.5. The standard InChI is InChI=1S/C77H146O6/c1-4-7-10-13-16-19-22-25-27-29-31-33-35-36-37-38-39-40-41-43-44-46-48-50-52-55-58-61-64-67-70-76(79)82-73-74(72-81-75(78)69-66-63-60-57-54-24-21-18-15-12-9-6-3)83-77(80)71-68-65-62-59-56-53-51-49-47-45-42-34-32-30-28-26-23-20-17-14-11-8-5-2/h18,21,30,32,74H,4-17,19-20,22-29,31,33-73H2,1-3H3/b21-18-,32-30-. The van der Waals surface area contributed by atoms with Gasteiger partial charge in [-0.15, -0.1) is 0 Å². The van der Waals surface area contributed by atoms with Crippen LogP contribution >= 0.6 is 0 Å². The van der Waals surface area contributed by atoms with Crippen LogP contribution < -0.4 is 0 Å². The van der Waals surface area contributed by atoms with Gasteiger partial charge in [0.2, 0.25) is 0 Å². The van der Waals surface area contributed by atoms with Crippen LogP contribution in [-0.4, -0.2) is 37.2 Å². The summed E-state index contributed by atoms with van der Waals surface area (Å²) in [5, 5.41) is 0. The summed E-state index contributed by atoms with van der Waals surface area (Å²) in [4.78, 5) is 38.4. The van der Waals surface area contributed by atoms with E-state index in [9.17, 15) is 14.4 Å². The van der Waals surface area contributed by atoms with Crippen molar-refractivity contribution in [3.63, 3.8) is 0 Å². The average Bonchev–Trinajstić information content (AvgIpc) is 3.49. The molecule has 0 rings (SSSR count). The molecule has 6 nitrogen and oxygen atoms in total. The predicted octanol–water partition coefficient (Wildman–Crippen LogP) is 26.1. The topological polar surface area (TPSA) is 78.9 Å². The Morgan fingerprint density at radius 3 is 0.627 bits per heavy atom. The third-order valence-electron chi connectivity index (χ3n) is 17.4. The number of ether oxygens (including phenoxy) is 3. The van der Waals surface area contributed by atoms with E-state index in [1.165, 1.54) is 327 Å². The first-order valence-corrected chi connectivity index (χ1v) is 37.8. The third kappa shape index (κ3) is 70.5. The van der Waals surface area contributed by atoms with Crippen molar-refractivity contribution in [2.45, 2.75) is 438 Å². The van der Waals surface area contributed by atoms with E-state index in [2.05, 4.69) is 45.1 Å². The van der Waals surface area contributed by atoms with Gasteiger partial charge in [0.25, 0.3) is 0 Å². The van der Waals surface area contributed by atoms with Gasteiger partial charge < -0.3 is 14.2 Å². The van der Waals surface area contributed by atoms with Gasteiger partial charge in [0.05, 0.1) is 0 Å². The van der Waals surface area contributed by atoms with Crippen molar-refractivity contribution in [3.05, 3.63) is 24.3 Å². The number of allylic oxidation sites excluding steroid dienone is 4. The summed E-state index contributed by atoms with van der Waals surface area (Å²) >= 11 is 0. The maximum atomic E-state index is 13.0. The number of carbonyl (C=O) groups excluding carboxylic acids is 3. The Morgan fingerprint density at radius 2 is 0.398 bits per heavy atom. The Hall–Kier alpha value is -2.11. The van der Waals surface area contributed by atoms with E-state index in [1.54, 1.807) is 0 Å². The Labute approximate surface area is 519 Å². The fourth-order valence-electron chi connectivity index (χ4n) is 11.7. The molecule has 1 atom stereocenters. The van der Waals surface area contributed by atoms with Gasteiger partial charge in [0.1, 0.15) is 13.2 Å². The second-order valence-electron chi connectivity index (χ2n) is 25.9. The second kappa shape index (κ2) is 72.4. The molecule has 0 heterocycles. The van der Waals surface area contributed by atoms with Crippen LogP contribution in [0.3, 0.4) is 0 Å². The van der Waals surface area contributed by atoms with Gasteiger partial charge in [-0.1, -0.05) is 366 Å². The van der Waals surface area contributed by atoms with Crippen molar-refractivity contribution in [2.75, 3.05) is 13.2 Å². The number of rotatable bonds is 71. The summed E-state index contributed by atoms with van der Waals surface area (Å²) in [6, 6.07) is 0. The van der Waals surface area contributed by atoms with E-state index >= 15 is 0 Å². The SMILES string of the molecule is CCCCC/C=C\CCCCCCCC(=O)OCC(COC(=O)CCCCCCCCCCCCCCCCCCCCCCCCCCCCCCCC)OC(=O)CCCCCCCCCCCCC/C=C\CCCCCCCCCC. The van der Waals surface area contributed by atoms with Gasteiger partial charge >= 0.3 is 17.9 Å². The van der Waals surface area contributed by atoms with Crippen LogP contribution in [0, 0.1) is 0 Å². The lowest BCUT2D eigenvalue weighted by molar-refractivity contribution is -0.167. The van der Waals surface area contributed by atoms with Crippen LogP contribution in [0.25, 0.3) is 0 Å². The van der Waals surface area contributed by atoms with E-state index in [0.717, 1.165) is 64.2 Å². The van der Waals surface area contributed by atoms with Crippen LogP contribution in [0.2, 0.25) is 0 Å². The van der Waals surface area contributed by atoms with Crippen LogP contribution in [0.5, 0.6) is 0 Å². The van der Waals surface area contributed by atoms with Gasteiger partial charge in [-0.05, 0) is 70.6 Å². The largest absolute Gasteiger partial charge is 0.462 e. The fourth-order valence-corrected chi connectivity index (χ4v) is 11.7. The summed E-state index contributed by atoms with van der Waals surface area (Å²) in [6.45, 7) is 6.69. The van der Waals surface area contributed by atoms with Crippen LogP contribution in [0.4, 0.5) is 0 Å². The van der Waals surface area contributed by atoms with Gasteiger partial charge in [0, 0.05) is 19.3 Å². The molecule has 0 fully saturated rings. The van der Waals surface area contributed by atoms with Crippen LogP contribution in [0.15, 0.2) is 24.3 Å². The van der Waals surface area contributed by atoms with Gasteiger partial charge in [0.15, 0.2) is 6.10 Å². The van der Waals surface area contributed by atoms with Crippen molar-refractivity contribution in [1.82, 2.24) is 0 Å². The Balaban J connectivity index is 4.13. The Kier molecular flexibility index (Phi) is 70.5. The minimum absolute atomic E-state index is 0.0685. The molecule has 0 aliphatic rings. The molecule has 0 N–H and O–H groups in total. The molecule has 0 saturated carbocycles. The Bertz CT molecular complexity index is 1340. The van der Waals surface area contributed by atoms with Gasteiger partial charge in [-0.25, -0.2) is 0 Å². The predicted molar refractivity (Wildman–Crippen MR) is 363 cm³/mol. The fraction of sp³-hybridized carbons (Fsp3) is 0.909. The van der Waals surface area contributed by atoms with Crippen molar-refractivity contribution in [3.8, 4) is 0 Å². The van der Waals surface area contributed by atoms with E-state index < -0.39 is 6.10 Å².